The second-order valence-electron chi connectivity index (χ2n) is 5.16. The van der Waals surface area contributed by atoms with E-state index in [1.807, 2.05) is 32.0 Å². The van der Waals surface area contributed by atoms with Crippen LogP contribution in [0.25, 0.3) is 0 Å². The van der Waals surface area contributed by atoms with Crippen LogP contribution in [0.4, 0.5) is 5.69 Å². The fourth-order valence-corrected chi connectivity index (χ4v) is 1.77. The molecule has 0 spiro atoms. The Labute approximate surface area is 103 Å². The van der Waals surface area contributed by atoms with E-state index in [4.69, 9.17) is 9.47 Å². The van der Waals surface area contributed by atoms with Gasteiger partial charge in [0.05, 0.1) is 0 Å². The molecule has 1 unspecified atom stereocenters. The zero-order chi connectivity index (χ0) is 12.5. The normalized spacial score (nSPS) is 17.9. The van der Waals surface area contributed by atoms with Crippen molar-refractivity contribution in [1.29, 1.82) is 0 Å². The summed E-state index contributed by atoms with van der Waals surface area (Å²) in [7, 11) is 0. The van der Waals surface area contributed by atoms with Crippen molar-refractivity contribution in [2.75, 3.05) is 11.9 Å². The first kappa shape index (κ1) is 12.1. The second-order valence-corrected chi connectivity index (χ2v) is 5.16. The number of hydrogen-bond acceptors (Lipinski definition) is 3. The van der Waals surface area contributed by atoms with Crippen LogP contribution in [0.3, 0.4) is 0 Å². The van der Waals surface area contributed by atoms with Crippen molar-refractivity contribution >= 4 is 5.69 Å². The Morgan fingerprint density at radius 3 is 2.65 bits per heavy atom. The Morgan fingerprint density at radius 2 is 1.94 bits per heavy atom. The monoisotopic (exact) mass is 235 g/mol. The summed E-state index contributed by atoms with van der Waals surface area (Å²) in [5.41, 5.74) is 1.09. The molecule has 17 heavy (non-hydrogen) atoms. The van der Waals surface area contributed by atoms with Crippen molar-refractivity contribution in [2.24, 2.45) is 5.92 Å². The highest BCUT2D eigenvalue weighted by atomic mass is 16.7. The summed E-state index contributed by atoms with van der Waals surface area (Å²) in [5.74, 6) is 1.78. The summed E-state index contributed by atoms with van der Waals surface area (Å²) in [6.07, 6.45) is 1.19. The van der Waals surface area contributed by atoms with Gasteiger partial charge in [-0.25, -0.2) is 0 Å². The minimum Gasteiger partial charge on any atom is -0.449 e. The lowest BCUT2D eigenvalue weighted by atomic mass is 10.1. The van der Waals surface area contributed by atoms with E-state index in [1.54, 1.807) is 0 Å². The van der Waals surface area contributed by atoms with Gasteiger partial charge in [0, 0.05) is 32.1 Å². The molecular weight excluding hydrogens is 214 g/mol. The standard InChI is InChI=1S/C14H21NO2/c1-5-10(2)9-15-11-6-7-12-13(8-11)17-14(3,4)16-12/h6-8,10,15H,5,9H2,1-4H3. The zero-order valence-electron chi connectivity index (χ0n) is 11.0. The molecule has 1 aromatic rings. The van der Waals surface area contributed by atoms with Crippen LogP contribution in [0, 0.1) is 5.92 Å². The van der Waals surface area contributed by atoms with E-state index in [0.29, 0.717) is 5.92 Å². The Balaban J connectivity index is 2.04. The van der Waals surface area contributed by atoms with Gasteiger partial charge in [0.25, 0.3) is 0 Å². The summed E-state index contributed by atoms with van der Waals surface area (Å²) in [6.45, 7) is 9.26. The second kappa shape index (κ2) is 4.47. The number of ether oxygens (including phenoxy) is 2. The molecular formula is C14H21NO2. The Kier molecular flexibility index (Phi) is 3.18. The maximum atomic E-state index is 5.71. The Morgan fingerprint density at radius 1 is 1.24 bits per heavy atom. The number of hydrogen-bond donors (Lipinski definition) is 1. The van der Waals surface area contributed by atoms with Crippen LogP contribution in [0.15, 0.2) is 18.2 Å². The van der Waals surface area contributed by atoms with Gasteiger partial charge in [-0.2, -0.15) is 0 Å². The molecule has 1 atom stereocenters. The fraction of sp³-hybridized carbons (Fsp3) is 0.571. The van der Waals surface area contributed by atoms with Gasteiger partial charge in [0.1, 0.15) is 0 Å². The van der Waals surface area contributed by atoms with Crippen LogP contribution < -0.4 is 14.8 Å². The molecule has 0 bridgehead atoms. The van der Waals surface area contributed by atoms with E-state index in [9.17, 15) is 0 Å². The van der Waals surface area contributed by atoms with Gasteiger partial charge in [-0.15, -0.1) is 0 Å². The van der Waals surface area contributed by atoms with Crippen molar-refractivity contribution < 1.29 is 9.47 Å². The first-order valence-corrected chi connectivity index (χ1v) is 6.26. The molecule has 0 saturated carbocycles. The Bertz CT molecular complexity index is 401. The van der Waals surface area contributed by atoms with Crippen LogP contribution in [0.1, 0.15) is 34.1 Å². The third-order valence-corrected chi connectivity index (χ3v) is 3.01. The lowest BCUT2D eigenvalue weighted by molar-refractivity contribution is -0.0431. The molecule has 2 rings (SSSR count). The lowest BCUT2D eigenvalue weighted by Crippen LogP contribution is -2.29. The largest absolute Gasteiger partial charge is 0.449 e. The number of nitrogens with one attached hydrogen (secondary N) is 1. The average molecular weight is 235 g/mol. The maximum Gasteiger partial charge on any atom is 0.246 e. The molecule has 94 valence electrons. The molecule has 1 aliphatic heterocycles. The van der Waals surface area contributed by atoms with Gasteiger partial charge >= 0.3 is 0 Å². The van der Waals surface area contributed by atoms with E-state index in [0.717, 1.165) is 23.7 Å². The van der Waals surface area contributed by atoms with Gasteiger partial charge in [0.15, 0.2) is 11.5 Å². The summed E-state index contributed by atoms with van der Waals surface area (Å²) >= 11 is 0. The smallest absolute Gasteiger partial charge is 0.246 e. The highest BCUT2D eigenvalue weighted by Gasteiger charge is 2.31. The van der Waals surface area contributed by atoms with Crippen molar-refractivity contribution in [3.8, 4) is 11.5 Å². The molecule has 0 aromatic heterocycles. The molecule has 1 N–H and O–H groups in total. The fourth-order valence-electron chi connectivity index (χ4n) is 1.77. The number of anilines is 1. The number of fused-ring (bicyclic) bond motifs is 1. The van der Waals surface area contributed by atoms with Crippen molar-refractivity contribution in [1.82, 2.24) is 0 Å². The van der Waals surface area contributed by atoms with Crippen molar-refractivity contribution in [3.05, 3.63) is 18.2 Å². The highest BCUT2D eigenvalue weighted by molar-refractivity contribution is 5.56. The molecule has 0 fully saturated rings. The van der Waals surface area contributed by atoms with Crippen LogP contribution in [-0.4, -0.2) is 12.3 Å². The van der Waals surface area contributed by atoms with E-state index < -0.39 is 5.79 Å². The predicted molar refractivity (Wildman–Crippen MR) is 69.7 cm³/mol. The molecule has 0 radical (unpaired) electrons. The van der Waals surface area contributed by atoms with Crippen LogP contribution >= 0.6 is 0 Å². The van der Waals surface area contributed by atoms with Gasteiger partial charge in [-0.1, -0.05) is 20.3 Å². The summed E-state index contributed by atoms with van der Waals surface area (Å²) < 4.78 is 11.4. The van der Waals surface area contributed by atoms with Crippen molar-refractivity contribution in [2.45, 2.75) is 39.9 Å². The molecule has 3 nitrogen and oxygen atoms in total. The Hall–Kier alpha value is -1.38. The van der Waals surface area contributed by atoms with Crippen LogP contribution in [0.2, 0.25) is 0 Å². The molecule has 1 aliphatic rings. The lowest BCUT2D eigenvalue weighted by Gasteiger charge is -2.16. The average Bonchev–Trinajstić information content (AvgIpc) is 2.58. The highest BCUT2D eigenvalue weighted by Crippen LogP contribution is 2.40. The summed E-state index contributed by atoms with van der Waals surface area (Å²) in [6, 6.07) is 6.00. The molecule has 0 aliphatic carbocycles. The van der Waals surface area contributed by atoms with E-state index in [1.165, 1.54) is 6.42 Å². The summed E-state index contributed by atoms with van der Waals surface area (Å²) in [4.78, 5) is 0. The first-order chi connectivity index (χ1) is 8.00. The first-order valence-electron chi connectivity index (χ1n) is 6.26. The molecule has 1 heterocycles. The van der Waals surface area contributed by atoms with E-state index in [-0.39, 0.29) is 0 Å². The van der Waals surface area contributed by atoms with E-state index >= 15 is 0 Å². The quantitative estimate of drug-likeness (QED) is 0.864. The van der Waals surface area contributed by atoms with Gasteiger partial charge in [0.2, 0.25) is 5.79 Å². The minimum absolute atomic E-state index is 0.544. The third-order valence-electron chi connectivity index (χ3n) is 3.01. The minimum atomic E-state index is -0.544. The predicted octanol–water partition coefficient (Wildman–Crippen LogP) is 3.65. The SMILES string of the molecule is CCC(C)CNc1ccc2c(c1)OC(C)(C)O2. The zero-order valence-corrected chi connectivity index (χ0v) is 11.0. The molecule has 3 heteroatoms. The number of rotatable bonds is 4. The molecule has 1 aromatic carbocycles. The topological polar surface area (TPSA) is 30.5 Å². The van der Waals surface area contributed by atoms with Crippen molar-refractivity contribution in [3.63, 3.8) is 0 Å². The third kappa shape index (κ3) is 2.84. The maximum absolute atomic E-state index is 5.71. The van der Waals surface area contributed by atoms with Crippen LogP contribution in [-0.2, 0) is 0 Å². The molecule has 0 saturated heterocycles. The van der Waals surface area contributed by atoms with Gasteiger partial charge < -0.3 is 14.8 Å². The molecule has 0 amide bonds. The van der Waals surface area contributed by atoms with Gasteiger partial charge in [-0.3, -0.25) is 0 Å². The number of benzene rings is 1. The van der Waals surface area contributed by atoms with Gasteiger partial charge in [-0.05, 0) is 18.1 Å². The summed E-state index contributed by atoms with van der Waals surface area (Å²) in [5, 5.41) is 3.42. The van der Waals surface area contributed by atoms with Crippen LogP contribution in [0.5, 0.6) is 11.5 Å². The van der Waals surface area contributed by atoms with E-state index in [2.05, 4.69) is 19.2 Å².